The van der Waals surface area contributed by atoms with Gasteiger partial charge in [0.2, 0.25) is 0 Å². The minimum absolute atomic E-state index is 0.0561. The maximum absolute atomic E-state index is 12.6. The summed E-state index contributed by atoms with van der Waals surface area (Å²) in [6.45, 7) is 1.85. The van der Waals surface area contributed by atoms with E-state index in [4.69, 9.17) is 4.74 Å². The molecule has 0 unspecified atom stereocenters. The van der Waals surface area contributed by atoms with Gasteiger partial charge in [-0.1, -0.05) is 12.1 Å². The van der Waals surface area contributed by atoms with Gasteiger partial charge in [0.15, 0.2) is 5.75 Å². The average molecular weight is 283 g/mol. The van der Waals surface area contributed by atoms with Gasteiger partial charge in [-0.2, -0.15) is 0 Å². The van der Waals surface area contributed by atoms with Crippen molar-refractivity contribution in [2.75, 3.05) is 25.5 Å². The predicted molar refractivity (Wildman–Crippen MR) is 80.5 cm³/mol. The molecule has 5 heteroatoms. The summed E-state index contributed by atoms with van der Waals surface area (Å²) in [5, 5.41) is 3.24. The SMILES string of the molecule is CN(Cc1cccnc1)C(=O)c1cccc2c1OCCN2. The van der Waals surface area contributed by atoms with Gasteiger partial charge >= 0.3 is 0 Å². The third-order valence-electron chi connectivity index (χ3n) is 3.40. The Balaban J connectivity index is 1.82. The number of aromatic nitrogens is 1. The average Bonchev–Trinajstić information content (AvgIpc) is 2.54. The third kappa shape index (κ3) is 2.81. The Hall–Kier alpha value is -2.56. The summed E-state index contributed by atoms with van der Waals surface area (Å²) in [5.74, 6) is 0.589. The van der Waals surface area contributed by atoms with Gasteiger partial charge in [-0.3, -0.25) is 9.78 Å². The molecule has 1 aromatic carbocycles. The molecule has 1 aliphatic rings. The zero-order chi connectivity index (χ0) is 14.7. The second kappa shape index (κ2) is 5.83. The van der Waals surface area contributed by atoms with Gasteiger partial charge in [-0.25, -0.2) is 0 Å². The molecule has 0 saturated heterocycles. The number of para-hydroxylation sites is 1. The van der Waals surface area contributed by atoms with Crippen LogP contribution in [0.5, 0.6) is 5.75 Å². The number of rotatable bonds is 3. The largest absolute Gasteiger partial charge is 0.489 e. The zero-order valence-corrected chi connectivity index (χ0v) is 11.9. The van der Waals surface area contributed by atoms with E-state index in [0.717, 1.165) is 17.8 Å². The summed E-state index contributed by atoms with van der Waals surface area (Å²) >= 11 is 0. The highest BCUT2D eigenvalue weighted by Crippen LogP contribution is 2.31. The Bertz CT molecular complexity index is 643. The molecule has 1 aliphatic heterocycles. The Kier molecular flexibility index (Phi) is 3.73. The van der Waals surface area contributed by atoms with Gasteiger partial charge in [0.25, 0.3) is 5.91 Å². The van der Waals surface area contributed by atoms with Crippen LogP contribution in [0.1, 0.15) is 15.9 Å². The number of fused-ring (bicyclic) bond motifs is 1. The number of carbonyl (C=O) groups is 1. The first-order valence-corrected chi connectivity index (χ1v) is 6.90. The van der Waals surface area contributed by atoms with Gasteiger partial charge < -0.3 is 15.0 Å². The van der Waals surface area contributed by atoms with Crippen molar-refractivity contribution in [3.63, 3.8) is 0 Å². The molecule has 1 N–H and O–H groups in total. The molecule has 1 amide bonds. The third-order valence-corrected chi connectivity index (χ3v) is 3.40. The van der Waals surface area contributed by atoms with E-state index in [-0.39, 0.29) is 5.91 Å². The van der Waals surface area contributed by atoms with E-state index in [1.807, 2.05) is 24.3 Å². The molecule has 5 nitrogen and oxygen atoms in total. The molecule has 21 heavy (non-hydrogen) atoms. The molecular formula is C16H17N3O2. The van der Waals surface area contributed by atoms with Crippen LogP contribution in [-0.4, -0.2) is 36.0 Å². The summed E-state index contributed by atoms with van der Waals surface area (Å²) in [6.07, 6.45) is 3.49. The number of carbonyl (C=O) groups excluding carboxylic acids is 1. The number of anilines is 1. The van der Waals surface area contributed by atoms with Crippen LogP contribution in [0, 0.1) is 0 Å². The fraction of sp³-hybridized carbons (Fsp3) is 0.250. The number of nitrogens with zero attached hydrogens (tertiary/aromatic N) is 2. The number of pyridine rings is 1. The highest BCUT2D eigenvalue weighted by atomic mass is 16.5. The number of benzene rings is 1. The highest BCUT2D eigenvalue weighted by molar-refractivity contribution is 5.98. The van der Waals surface area contributed by atoms with Gasteiger partial charge in [0, 0.05) is 32.5 Å². The molecule has 108 valence electrons. The predicted octanol–water partition coefficient (Wildman–Crippen LogP) is 2.16. The Labute approximate surface area is 123 Å². The maximum Gasteiger partial charge on any atom is 0.257 e. The second-order valence-corrected chi connectivity index (χ2v) is 4.98. The molecule has 0 spiro atoms. The summed E-state index contributed by atoms with van der Waals surface area (Å²) in [7, 11) is 1.78. The molecule has 0 bridgehead atoms. The minimum Gasteiger partial charge on any atom is -0.489 e. The number of ether oxygens (including phenoxy) is 1. The van der Waals surface area contributed by atoms with E-state index >= 15 is 0 Å². The normalized spacial score (nSPS) is 12.8. The van der Waals surface area contributed by atoms with Crippen LogP contribution < -0.4 is 10.1 Å². The molecule has 2 aromatic rings. The zero-order valence-electron chi connectivity index (χ0n) is 11.9. The van der Waals surface area contributed by atoms with Crippen LogP contribution >= 0.6 is 0 Å². The molecule has 0 radical (unpaired) electrons. The standard InChI is InChI=1S/C16H17N3O2/c1-19(11-12-4-3-7-17-10-12)16(20)13-5-2-6-14-15(13)21-9-8-18-14/h2-7,10,18H,8-9,11H2,1H3. The molecule has 2 heterocycles. The van der Waals surface area contributed by atoms with Crippen molar-refractivity contribution in [3.05, 3.63) is 53.9 Å². The van der Waals surface area contributed by atoms with Crippen molar-refractivity contribution in [1.82, 2.24) is 9.88 Å². The van der Waals surface area contributed by atoms with E-state index in [9.17, 15) is 4.79 Å². The quantitative estimate of drug-likeness (QED) is 0.938. The number of nitrogens with one attached hydrogen (secondary N) is 1. The van der Waals surface area contributed by atoms with Crippen molar-refractivity contribution >= 4 is 11.6 Å². The fourth-order valence-corrected chi connectivity index (χ4v) is 2.38. The highest BCUT2D eigenvalue weighted by Gasteiger charge is 2.21. The number of hydrogen-bond acceptors (Lipinski definition) is 4. The molecule has 0 saturated carbocycles. The van der Waals surface area contributed by atoms with Crippen molar-refractivity contribution in [1.29, 1.82) is 0 Å². The van der Waals surface area contributed by atoms with Crippen LogP contribution in [0.3, 0.4) is 0 Å². The summed E-state index contributed by atoms with van der Waals surface area (Å²) < 4.78 is 5.65. The summed E-state index contributed by atoms with van der Waals surface area (Å²) in [4.78, 5) is 18.4. The monoisotopic (exact) mass is 283 g/mol. The van der Waals surface area contributed by atoms with Gasteiger partial charge in [0.1, 0.15) is 6.61 Å². The van der Waals surface area contributed by atoms with Gasteiger partial charge in [0.05, 0.1) is 11.3 Å². The van der Waals surface area contributed by atoms with E-state index in [1.165, 1.54) is 0 Å². The van der Waals surface area contributed by atoms with Crippen LogP contribution in [0.15, 0.2) is 42.7 Å². The van der Waals surface area contributed by atoms with Crippen LogP contribution in [0.25, 0.3) is 0 Å². The molecule has 0 aliphatic carbocycles. The van der Waals surface area contributed by atoms with Gasteiger partial charge in [-0.15, -0.1) is 0 Å². The van der Waals surface area contributed by atoms with Gasteiger partial charge in [-0.05, 0) is 23.8 Å². The van der Waals surface area contributed by atoms with Crippen molar-refractivity contribution in [2.24, 2.45) is 0 Å². The van der Waals surface area contributed by atoms with Crippen molar-refractivity contribution in [3.8, 4) is 5.75 Å². The lowest BCUT2D eigenvalue weighted by atomic mass is 10.1. The molecule has 3 rings (SSSR count). The van der Waals surface area contributed by atoms with Crippen molar-refractivity contribution < 1.29 is 9.53 Å². The first-order chi connectivity index (χ1) is 10.3. The Morgan fingerprint density at radius 2 is 2.29 bits per heavy atom. The van der Waals surface area contributed by atoms with Crippen molar-refractivity contribution in [2.45, 2.75) is 6.54 Å². The summed E-state index contributed by atoms with van der Waals surface area (Å²) in [5.41, 5.74) is 2.46. The van der Waals surface area contributed by atoms with Crippen LogP contribution in [0.2, 0.25) is 0 Å². The minimum atomic E-state index is -0.0561. The number of hydrogen-bond donors (Lipinski definition) is 1. The van der Waals surface area contributed by atoms with E-state index in [2.05, 4.69) is 10.3 Å². The summed E-state index contributed by atoms with van der Waals surface area (Å²) in [6, 6.07) is 9.41. The fourth-order valence-electron chi connectivity index (χ4n) is 2.38. The first-order valence-electron chi connectivity index (χ1n) is 6.90. The lowest BCUT2D eigenvalue weighted by Gasteiger charge is -2.24. The Morgan fingerprint density at radius 3 is 3.10 bits per heavy atom. The van der Waals surface area contributed by atoms with Crippen LogP contribution in [-0.2, 0) is 6.54 Å². The van der Waals surface area contributed by atoms with E-state index in [0.29, 0.717) is 24.5 Å². The smallest absolute Gasteiger partial charge is 0.257 e. The number of amides is 1. The first kappa shape index (κ1) is 13.4. The lowest BCUT2D eigenvalue weighted by Crippen LogP contribution is -2.28. The van der Waals surface area contributed by atoms with E-state index in [1.54, 1.807) is 30.4 Å². The van der Waals surface area contributed by atoms with Crippen LogP contribution in [0.4, 0.5) is 5.69 Å². The molecule has 0 fully saturated rings. The lowest BCUT2D eigenvalue weighted by molar-refractivity contribution is 0.0780. The molecule has 0 atom stereocenters. The maximum atomic E-state index is 12.6. The van der Waals surface area contributed by atoms with E-state index < -0.39 is 0 Å². The molecular weight excluding hydrogens is 266 g/mol. The second-order valence-electron chi connectivity index (χ2n) is 4.98. The molecule has 1 aromatic heterocycles. The Morgan fingerprint density at radius 1 is 1.38 bits per heavy atom. The topological polar surface area (TPSA) is 54.5 Å².